The van der Waals surface area contributed by atoms with Crippen molar-refractivity contribution in [3.05, 3.63) is 29.7 Å². The fraction of sp³-hybridized carbons (Fsp3) is 0.500. The molecule has 0 atom stereocenters. The molecule has 0 N–H and O–H groups in total. The Morgan fingerprint density at radius 1 is 1.38 bits per heavy atom. The number of hydrogen-bond donors (Lipinski definition) is 0. The van der Waals surface area contributed by atoms with Crippen LogP contribution < -0.4 is 0 Å². The van der Waals surface area contributed by atoms with Gasteiger partial charge in [0.25, 0.3) is 0 Å². The van der Waals surface area contributed by atoms with Crippen LogP contribution in [0, 0.1) is 0 Å². The molecule has 0 radical (unpaired) electrons. The molecule has 0 bridgehead atoms. The molecule has 72 valence electrons. The maximum atomic E-state index is 5.35. The summed E-state index contributed by atoms with van der Waals surface area (Å²) in [5.74, 6) is 1.17. The maximum Gasteiger partial charge on any atom is 0.111 e. The van der Waals surface area contributed by atoms with E-state index in [1.807, 2.05) is 13.8 Å². The summed E-state index contributed by atoms with van der Waals surface area (Å²) in [5.41, 5.74) is 2.78. The summed E-state index contributed by atoms with van der Waals surface area (Å²) in [4.78, 5) is 0. The second-order valence-corrected chi connectivity index (χ2v) is 2.88. The minimum atomic E-state index is 1.08. The number of allylic oxidation sites excluding steroid dienone is 2. The highest BCUT2D eigenvalue weighted by Crippen LogP contribution is 2.28. The Bertz CT molecular complexity index is 281. The highest BCUT2D eigenvalue weighted by atomic mass is 16.3. The van der Waals surface area contributed by atoms with Gasteiger partial charge in [-0.25, -0.2) is 0 Å². The van der Waals surface area contributed by atoms with E-state index in [9.17, 15) is 0 Å². The molecule has 0 saturated heterocycles. The highest BCUT2D eigenvalue weighted by Gasteiger charge is 2.12. The molecule has 1 heteroatoms. The first-order valence-electron chi connectivity index (χ1n) is 5.17. The van der Waals surface area contributed by atoms with Crippen LogP contribution in [0.5, 0.6) is 0 Å². The van der Waals surface area contributed by atoms with E-state index in [2.05, 4.69) is 19.1 Å². The average molecular weight is 178 g/mol. The molecule has 0 unspecified atom stereocenters. The van der Waals surface area contributed by atoms with E-state index in [1.54, 1.807) is 6.26 Å². The summed E-state index contributed by atoms with van der Waals surface area (Å²) in [6.45, 7) is 6.19. The fourth-order valence-corrected chi connectivity index (χ4v) is 1.64. The summed E-state index contributed by atoms with van der Waals surface area (Å²) in [7, 11) is 0. The van der Waals surface area contributed by atoms with Crippen LogP contribution in [0.15, 0.2) is 22.8 Å². The lowest BCUT2D eigenvalue weighted by molar-refractivity contribution is 0.506. The Balaban J connectivity index is 0.000000396. The third kappa shape index (κ3) is 2.03. The average Bonchev–Trinajstić information content (AvgIpc) is 2.68. The molecule has 0 spiro atoms. The van der Waals surface area contributed by atoms with Gasteiger partial charge in [0, 0.05) is 12.0 Å². The van der Waals surface area contributed by atoms with Crippen molar-refractivity contribution in [3.8, 4) is 0 Å². The van der Waals surface area contributed by atoms with Gasteiger partial charge in [-0.15, -0.1) is 0 Å². The van der Waals surface area contributed by atoms with Crippen molar-refractivity contribution in [3.63, 3.8) is 0 Å². The third-order valence-electron chi connectivity index (χ3n) is 2.23. The zero-order valence-electron chi connectivity index (χ0n) is 8.76. The monoisotopic (exact) mass is 178 g/mol. The van der Waals surface area contributed by atoms with Crippen molar-refractivity contribution in [1.29, 1.82) is 0 Å². The second kappa shape index (κ2) is 4.90. The first kappa shape index (κ1) is 10.1. The van der Waals surface area contributed by atoms with Gasteiger partial charge in [-0.3, -0.25) is 0 Å². The summed E-state index contributed by atoms with van der Waals surface area (Å²) < 4.78 is 5.35. The molecule has 1 aliphatic rings. The molecule has 1 aromatic rings. The zero-order chi connectivity index (χ0) is 9.68. The largest absolute Gasteiger partial charge is 0.469 e. The van der Waals surface area contributed by atoms with Crippen LogP contribution in [0.3, 0.4) is 0 Å². The van der Waals surface area contributed by atoms with Gasteiger partial charge in [0.05, 0.1) is 6.26 Å². The molecule has 0 aliphatic heterocycles. The van der Waals surface area contributed by atoms with Crippen molar-refractivity contribution in [2.45, 2.75) is 40.0 Å². The SMILES string of the molecule is CC.CCC1=CCCc2occc21. The Morgan fingerprint density at radius 2 is 2.15 bits per heavy atom. The summed E-state index contributed by atoms with van der Waals surface area (Å²) in [6.07, 6.45) is 7.44. The minimum Gasteiger partial charge on any atom is -0.469 e. The van der Waals surface area contributed by atoms with Gasteiger partial charge in [0.2, 0.25) is 0 Å². The fourth-order valence-electron chi connectivity index (χ4n) is 1.64. The topological polar surface area (TPSA) is 13.1 Å². The molecule has 0 aromatic carbocycles. The molecule has 0 saturated carbocycles. The molecule has 0 amide bonds. The van der Waals surface area contributed by atoms with E-state index in [0.29, 0.717) is 0 Å². The van der Waals surface area contributed by atoms with E-state index in [1.165, 1.54) is 16.9 Å². The lowest BCUT2D eigenvalue weighted by atomic mass is 9.96. The molecular weight excluding hydrogens is 160 g/mol. The van der Waals surface area contributed by atoms with E-state index in [4.69, 9.17) is 4.42 Å². The molecule has 1 aliphatic carbocycles. The summed E-state index contributed by atoms with van der Waals surface area (Å²) in [6, 6.07) is 2.07. The Morgan fingerprint density at radius 3 is 2.85 bits per heavy atom. The zero-order valence-corrected chi connectivity index (χ0v) is 8.76. The van der Waals surface area contributed by atoms with Gasteiger partial charge in [0.15, 0.2) is 0 Å². The van der Waals surface area contributed by atoms with Gasteiger partial charge >= 0.3 is 0 Å². The first-order valence-corrected chi connectivity index (χ1v) is 5.17. The molecule has 0 fully saturated rings. The van der Waals surface area contributed by atoms with Crippen LogP contribution >= 0.6 is 0 Å². The smallest absolute Gasteiger partial charge is 0.111 e. The maximum absolute atomic E-state index is 5.35. The van der Waals surface area contributed by atoms with Crippen LogP contribution in [0.1, 0.15) is 44.9 Å². The lowest BCUT2D eigenvalue weighted by Gasteiger charge is -2.09. The lowest BCUT2D eigenvalue weighted by Crippen LogP contribution is -1.94. The number of rotatable bonds is 1. The summed E-state index contributed by atoms with van der Waals surface area (Å²) >= 11 is 0. The standard InChI is InChI=1S/C10H12O.C2H6/c1-2-8-4-3-5-10-9(8)6-7-11-10;1-2/h4,6-7H,2-3,5H2,1H3;1-2H3. The minimum absolute atomic E-state index is 1.08. The summed E-state index contributed by atoms with van der Waals surface area (Å²) in [5, 5.41) is 0. The van der Waals surface area contributed by atoms with E-state index >= 15 is 0 Å². The Labute approximate surface area is 80.5 Å². The van der Waals surface area contributed by atoms with Crippen LogP contribution in [0.4, 0.5) is 0 Å². The van der Waals surface area contributed by atoms with Crippen molar-refractivity contribution in [1.82, 2.24) is 0 Å². The van der Waals surface area contributed by atoms with Crippen molar-refractivity contribution < 1.29 is 4.42 Å². The molecule has 1 heterocycles. The van der Waals surface area contributed by atoms with Crippen molar-refractivity contribution in [2.24, 2.45) is 0 Å². The van der Waals surface area contributed by atoms with E-state index < -0.39 is 0 Å². The number of hydrogen-bond acceptors (Lipinski definition) is 1. The van der Waals surface area contributed by atoms with E-state index in [-0.39, 0.29) is 0 Å². The highest BCUT2D eigenvalue weighted by molar-refractivity contribution is 5.68. The molecule has 1 aromatic heterocycles. The second-order valence-electron chi connectivity index (χ2n) is 2.88. The van der Waals surface area contributed by atoms with Crippen molar-refractivity contribution >= 4 is 5.57 Å². The van der Waals surface area contributed by atoms with Crippen LogP contribution in [0.2, 0.25) is 0 Å². The van der Waals surface area contributed by atoms with Gasteiger partial charge in [0.1, 0.15) is 5.76 Å². The van der Waals surface area contributed by atoms with Gasteiger partial charge < -0.3 is 4.42 Å². The molecule has 1 nitrogen and oxygen atoms in total. The number of aryl methyl sites for hydroxylation is 1. The molecular formula is C12H18O. The predicted molar refractivity (Wildman–Crippen MR) is 56.6 cm³/mol. The number of furan rings is 1. The van der Waals surface area contributed by atoms with E-state index in [0.717, 1.165) is 19.3 Å². The Kier molecular flexibility index (Phi) is 3.81. The third-order valence-corrected chi connectivity index (χ3v) is 2.23. The van der Waals surface area contributed by atoms with Crippen LogP contribution in [-0.2, 0) is 6.42 Å². The van der Waals surface area contributed by atoms with Crippen LogP contribution in [-0.4, -0.2) is 0 Å². The van der Waals surface area contributed by atoms with Crippen molar-refractivity contribution in [2.75, 3.05) is 0 Å². The van der Waals surface area contributed by atoms with Gasteiger partial charge in [-0.05, 0) is 24.5 Å². The van der Waals surface area contributed by atoms with Crippen LogP contribution in [0.25, 0.3) is 5.57 Å². The molecule has 13 heavy (non-hydrogen) atoms. The molecule has 2 rings (SSSR count). The van der Waals surface area contributed by atoms with Gasteiger partial charge in [-0.2, -0.15) is 0 Å². The normalized spacial score (nSPS) is 13.9. The number of fused-ring (bicyclic) bond motifs is 1. The van der Waals surface area contributed by atoms with Gasteiger partial charge in [-0.1, -0.05) is 26.8 Å². The first-order chi connectivity index (χ1) is 6.42. The Hall–Kier alpha value is -0.980. The quantitative estimate of drug-likeness (QED) is 0.632. The predicted octanol–water partition coefficient (Wildman–Crippen LogP) is 4.05.